The zero-order valence-electron chi connectivity index (χ0n) is 21.4. The van der Waals surface area contributed by atoms with Crippen molar-refractivity contribution in [2.45, 2.75) is 56.0 Å². The molecule has 2 aromatic rings. The lowest BCUT2D eigenvalue weighted by Crippen LogP contribution is -2.54. The number of carbonyl (C=O) groups is 2. The van der Waals surface area contributed by atoms with Gasteiger partial charge in [0.05, 0.1) is 12.0 Å². The number of carbonyl (C=O) groups excluding carboxylic acids is 2. The molecule has 10 heteroatoms. The fourth-order valence-electron chi connectivity index (χ4n) is 5.53. The van der Waals surface area contributed by atoms with E-state index in [0.717, 1.165) is 69.5 Å². The van der Waals surface area contributed by atoms with E-state index >= 15 is 0 Å². The largest absolute Gasteiger partial charge is 0.573 e. The van der Waals surface area contributed by atoms with Gasteiger partial charge in [-0.2, -0.15) is 0 Å². The minimum absolute atomic E-state index is 0.0400. The maximum Gasteiger partial charge on any atom is 0.573 e. The number of halogens is 3. The first kappa shape index (κ1) is 26.5. The Morgan fingerprint density at radius 2 is 1.66 bits per heavy atom. The number of nitrogens with one attached hydrogen (secondary N) is 2. The van der Waals surface area contributed by atoms with Crippen molar-refractivity contribution in [1.82, 2.24) is 15.1 Å². The molecule has 0 atom stereocenters. The molecule has 7 nitrogen and oxygen atoms in total. The van der Waals surface area contributed by atoms with Crippen LogP contribution in [0.4, 0.5) is 18.9 Å². The van der Waals surface area contributed by atoms with Gasteiger partial charge in [-0.15, -0.1) is 13.2 Å². The van der Waals surface area contributed by atoms with Crippen LogP contribution in [-0.4, -0.2) is 66.7 Å². The van der Waals surface area contributed by atoms with Crippen LogP contribution in [0.1, 0.15) is 43.2 Å². The Hall–Kier alpha value is -3.11. The minimum Gasteiger partial charge on any atom is -0.406 e. The second-order valence-corrected chi connectivity index (χ2v) is 10.7. The Morgan fingerprint density at radius 1 is 0.974 bits per heavy atom. The molecule has 2 aromatic carbocycles. The standard InChI is InChI=1S/C28H33F3N4O3/c1-34-14-16-35(17-15-34)27(12-13-27)25(37)32-22-8-6-21(7-9-22)26(10-3-11-26)33-24(36)19-20-4-2-5-23(18-20)38-28(29,30)31/h2,4-9,18H,3,10-17,19H2,1H3,(H,32,37)(H,33,36). The first-order chi connectivity index (χ1) is 18.1. The molecule has 3 fully saturated rings. The second kappa shape index (κ2) is 10.2. The van der Waals surface area contributed by atoms with E-state index in [1.165, 1.54) is 18.2 Å². The summed E-state index contributed by atoms with van der Waals surface area (Å²) in [5, 5.41) is 6.19. The predicted octanol–water partition coefficient (Wildman–Crippen LogP) is 4.04. The zero-order chi connectivity index (χ0) is 27.0. The molecule has 38 heavy (non-hydrogen) atoms. The number of hydrogen-bond donors (Lipinski definition) is 2. The van der Waals surface area contributed by atoms with E-state index < -0.39 is 17.4 Å². The van der Waals surface area contributed by atoms with Gasteiger partial charge in [0.1, 0.15) is 11.3 Å². The highest BCUT2D eigenvalue weighted by molar-refractivity contribution is 6.00. The molecule has 1 heterocycles. The van der Waals surface area contributed by atoms with Crippen molar-refractivity contribution in [3.05, 3.63) is 59.7 Å². The monoisotopic (exact) mass is 530 g/mol. The van der Waals surface area contributed by atoms with Crippen molar-refractivity contribution in [2.75, 3.05) is 38.5 Å². The van der Waals surface area contributed by atoms with Crippen molar-refractivity contribution in [3.63, 3.8) is 0 Å². The maximum absolute atomic E-state index is 13.2. The lowest BCUT2D eigenvalue weighted by atomic mass is 9.71. The summed E-state index contributed by atoms with van der Waals surface area (Å²) in [5.41, 5.74) is 1.19. The Bertz CT molecular complexity index is 1170. The van der Waals surface area contributed by atoms with Crippen LogP contribution >= 0.6 is 0 Å². The van der Waals surface area contributed by atoms with Crippen LogP contribution in [0.5, 0.6) is 5.75 Å². The maximum atomic E-state index is 13.2. The number of hydrogen-bond acceptors (Lipinski definition) is 5. The summed E-state index contributed by atoms with van der Waals surface area (Å²) in [6, 6.07) is 13.1. The second-order valence-electron chi connectivity index (χ2n) is 10.7. The van der Waals surface area contributed by atoms with Gasteiger partial charge in [-0.25, -0.2) is 0 Å². The highest BCUT2D eigenvalue weighted by Gasteiger charge is 2.54. The first-order valence-corrected chi connectivity index (χ1v) is 13.1. The summed E-state index contributed by atoms with van der Waals surface area (Å²) >= 11 is 0. The molecule has 0 radical (unpaired) electrons. The summed E-state index contributed by atoms with van der Waals surface area (Å²) in [6.07, 6.45) is -0.586. The van der Waals surface area contributed by atoms with Gasteiger partial charge in [0.25, 0.3) is 0 Å². The summed E-state index contributed by atoms with van der Waals surface area (Å²) < 4.78 is 41.5. The summed E-state index contributed by atoms with van der Waals surface area (Å²) in [6.45, 7) is 3.71. The van der Waals surface area contributed by atoms with Gasteiger partial charge in [0.15, 0.2) is 0 Å². The number of ether oxygens (including phenoxy) is 1. The van der Waals surface area contributed by atoms with E-state index in [1.54, 1.807) is 6.07 Å². The van der Waals surface area contributed by atoms with Crippen molar-refractivity contribution in [2.24, 2.45) is 0 Å². The van der Waals surface area contributed by atoms with Crippen LogP contribution in [0.3, 0.4) is 0 Å². The molecule has 0 aromatic heterocycles. The van der Waals surface area contributed by atoms with Gasteiger partial charge in [-0.3, -0.25) is 14.5 Å². The van der Waals surface area contributed by atoms with Crippen LogP contribution in [0.25, 0.3) is 0 Å². The lowest BCUT2D eigenvalue weighted by molar-refractivity contribution is -0.274. The molecule has 204 valence electrons. The number of anilines is 1. The molecular formula is C28H33F3N4O3. The average Bonchev–Trinajstić information content (AvgIpc) is 3.64. The number of alkyl halides is 3. The molecule has 5 rings (SSSR count). The molecular weight excluding hydrogens is 497 g/mol. The Kier molecular flexibility index (Phi) is 7.13. The van der Waals surface area contributed by atoms with Gasteiger partial charge < -0.3 is 20.3 Å². The molecule has 3 aliphatic rings. The molecule has 2 aliphatic carbocycles. The van der Waals surface area contributed by atoms with E-state index in [4.69, 9.17) is 0 Å². The summed E-state index contributed by atoms with van der Waals surface area (Å²) in [5.74, 6) is -0.577. The Labute approximate surface area is 220 Å². The van der Waals surface area contributed by atoms with Gasteiger partial charge >= 0.3 is 6.36 Å². The molecule has 2 N–H and O–H groups in total. The van der Waals surface area contributed by atoms with E-state index in [0.29, 0.717) is 5.56 Å². The van der Waals surface area contributed by atoms with Crippen LogP contribution < -0.4 is 15.4 Å². The predicted molar refractivity (Wildman–Crippen MR) is 137 cm³/mol. The Balaban J connectivity index is 1.20. The van der Waals surface area contributed by atoms with Gasteiger partial charge in [0.2, 0.25) is 11.8 Å². The highest BCUT2D eigenvalue weighted by Crippen LogP contribution is 2.44. The topological polar surface area (TPSA) is 73.9 Å². The normalized spacial score (nSPS) is 20.7. The van der Waals surface area contributed by atoms with Crippen molar-refractivity contribution < 1.29 is 27.5 Å². The van der Waals surface area contributed by atoms with Crippen molar-refractivity contribution in [3.8, 4) is 5.75 Å². The number of likely N-dealkylation sites (N-methyl/N-ethyl adjacent to an activating group) is 1. The fourth-order valence-corrected chi connectivity index (χ4v) is 5.53. The third-order valence-electron chi connectivity index (χ3n) is 8.03. The molecule has 0 bridgehead atoms. The van der Waals surface area contributed by atoms with E-state index in [9.17, 15) is 22.8 Å². The van der Waals surface area contributed by atoms with Crippen molar-refractivity contribution in [1.29, 1.82) is 0 Å². The van der Waals surface area contributed by atoms with Gasteiger partial charge in [-0.1, -0.05) is 24.3 Å². The highest BCUT2D eigenvalue weighted by atomic mass is 19.4. The summed E-state index contributed by atoms with van der Waals surface area (Å²) in [7, 11) is 2.10. The third-order valence-corrected chi connectivity index (χ3v) is 8.03. The SMILES string of the molecule is CN1CCN(C2(C(=O)Nc3ccc(C4(NC(=O)Cc5cccc(OC(F)(F)F)c5)CCC4)cc3)CC2)CC1. The molecule has 0 unspecified atom stereocenters. The number of piperazine rings is 1. The molecule has 0 spiro atoms. The smallest absolute Gasteiger partial charge is 0.406 e. The molecule has 2 saturated carbocycles. The zero-order valence-corrected chi connectivity index (χ0v) is 21.4. The summed E-state index contributed by atoms with van der Waals surface area (Å²) in [4.78, 5) is 30.6. The number of rotatable bonds is 8. The van der Waals surface area contributed by atoms with Crippen LogP contribution in [0.15, 0.2) is 48.5 Å². The number of nitrogens with zero attached hydrogens (tertiary/aromatic N) is 2. The molecule has 1 saturated heterocycles. The third kappa shape index (κ3) is 5.81. The van der Waals surface area contributed by atoms with E-state index in [2.05, 4.69) is 32.2 Å². The van der Waals surface area contributed by atoms with Gasteiger partial charge in [0, 0.05) is 31.9 Å². The average molecular weight is 531 g/mol. The minimum atomic E-state index is -4.79. The van der Waals surface area contributed by atoms with Crippen LogP contribution in [0, 0.1) is 0 Å². The quantitative estimate of drug-likeness (QED) is 0.539. The first-order valence-electron chi connectivity index (χ1n) is 13.1. The Morgan fingerprint density at radius 3 is 2.24 bits per heavy atom. The van der Waals surface area contributed by atoms with E-state index in [1.807, 2.05) is 24.3 Å². The van der Waals surface area contributed by atoms with Crippen LogP contribution in [0.2, 0.25) is 0 Å². The molecule has 2 amide bonds. The van der Waals surface area contributed by atoms with E-state index in [-0.39, 0.29) is 24.0 Å². The molecule has 1 aliphatic heterocycles. The van der Waals surface area contributed by atoms with Crippen molar-refractivity contribution >= 4 is 17.5 Å². The van der Waals surface area contributed by atoms with Gasteiger partial charge in [-0.05, 0) is 74.5 Å². The lowest BCUT2D eigenvalue weighted by Gasteiger charge is -2.43. The number of amides is 2. The number of benzene rings is 2. The fraction of sp³-hybridized carbons (Fsp3) is 0.500. The van der Waals surface area contributed by atoms with Crippen LogP contribution in [-0.2, 0) is 21.5 Å².